The van der Waals surface area contributed by atoms with Gasteiger partial charge in [0.1, 0.15) is 11.9 Å². The number of benzene rings is 2. The number of likely N-dealkylation sites (tertiary alicyclic amines) is 1. The number of halogens is 2. The zero-order valence-electron chi connectivity index (χ0n) is 16.2. The van der Waals surface area contributed by atoms with Crippen LogP contribution in [0.1, 0.15) is 6.42 Å². The fourth-order valence-corrected chi connectivity index (χ4v) is 3.53. The molecular weight excluding hydrogens is 425 g/mol. The van der Waals surface area contributed by atoms with E-state index in [9.17, 15) is 19.1 Å². The summed E-state index contributed by atoms with van der Waals surface area (Å²) in [5.41, 5.74) is 0.969. The first-order chi connectivity index (χ1) is 14.9. The van der Waals surface area contributed by atoms with Gasteiger partial charge in [-0.05, 0) is 42.5 Å². The van der Waals surface area contributed by atoms with Crippen LogP contribution in [0.2, 0.25) is 5.02 Å². The average Bonchev–Trinajstić information content (AvgIpc) is 3.41. The highest BCUT2D eigenvalue weighted by Gasteiger charge is 2.39. The van der Waals surface area contributed by atoms with Crippen molar-refractivity contribution in [1.29, 1.82) is 0 Å². The molecule has 1 aliphatic heterocycles. The summed E-state index contributed by atoms with van der Waals surface area (Å²) >= 11 is 5.84. The van der Waals surface area contributed by atoms with Gasteiger partial charge in [0.2, 0.25) is 5.91 Å². The number of urea groups is 1. The Morgan fingerprint density at radius 2 is 1.94 bits per heavy atom. The second-order valence-electron chi connectivity index (χ2n) is 7.10. The maximum Gasteiger partial charge on any atom is 0.322 e. The standard InChI is InChI=1S/C21H19ClFN5O3/c22-13-2-4-14(5-3-13)25-21(31)27-12-16(29)11-19(27)20(30)26-18-7-6-15(10-17(18)23)28-9-1-8-24-28/h1-10,16,19,29H,11-12H2,(H,25,31)(H,26,30). The van der Waals surface area contributed by atoms with Gasteiger partial charge in [-0.25, -0.2) is 13.9 Å². The van der Waals surface area contributed by atoms with Gasteiger partial charge in [-0.1, -0.05) is 11.6 Å². The molecule has 0 bridgehead atoms. The summed E-state index contributed by atoms with van der Waals surface area (Å²) in [6.07, 6.45) is 2.43. The Labute approximate surface area is 182 Å². The van der Waals surface area contributed by atoms with E-state index in [2.05, 4.69) is 15.7 Å². The van der Waals surface area contributed by atoms with Crippen molar-refractivity contribution in [2.45, 2.75) is 18.6 Å². The van der Waals surface area contributed by atoms with Crippen molar-refractivity contribution >= 4 is 34.9 Å². The van der Waals surface area contributed by atoms with Crippen LogP contribution < -0.4 is 10.6 Å². The predicted molar refractivity (Wildman–Crippen MR) is 114 cm³/mol. The minimum atomic E-state index is -0.951. The monoisotopic (exact) mass is 443 g/mol. The molecule has 0 saturated carbocycles. The first kappa shape index (κ1) is 20.8. The number of nitrogens with zero attached hydrogens (tertiary/aromatic N) is 3. The zero-order valence-corrected chi connectivity index (χ0v) is 17.0. The summed E-state index contributed by atoms with van der Waals surface area (Å²) in [6, 6.07) is 11.0. The zero-order chi connectivity index (χ0) is 22.0. The van der Waals surface area contributed by atoms with Crippen LogP contribution >= 0.6 is 11.6 Å². The van der Waals surface area contributed by atoms with Crippen LogP contribution in [0.3, 0.4) is 0 Å². The van der Waals surface area contributed by atoms with Crippen LogP contribution in [0.4, 0.5) is 20.6 Å². The summed E-state index contributed by atoms with van der Waals surface area (Å²) in [5, 5.41) is 19.8. The van der Waals surface area contributed by atoms with Crippen LogP contribution in [-0.4, -0.2) is 50.4 Å². The third kappa shape index (κ3) is 4.68. The molecule has 31 heavy (non-hydrogen) atoms. The molecule has 2 atom stereocenters. The molecule has 10 heteroatoms. The fraction of sp³-hybridized carbons (Fsp3) is 0.190. The smallest absolute Gasteiger partial charge is 0.322 e. The van der Waals surface area contributed by atoms with Crippen LogP contribution in [0, 0.1) is 5.82 Å². The molecule has 3 amide bonds. The quantitative estimate of drug-likeness (QED) is 0.576. The second kappa shape index (κ2) is 8.75. The maximum atomic E-state index is 14.5. The second-order valence-corrected chi connectivity index (χ2v) is 7.54. The normalized spacial score (nSPS) is 18.1. The van der Waals surface area contributed by atoms with Crippen LogP contribution in [0.15, 0.2) is 60.9 Å². The van der Waals surface area contributed by atoms with Crippen LogP contribution in [-0.2, 0) is 4.79 Å². The summed E-state index contributed by atoms with van der Waals surface area (Å²) in [4.78, 5) is 26.7. The Morgan fingerprint density at radius 3 is 2.61 bits per heavy atom. The molecule has 0 radical (unpaired) electrons. The maximum absolute atomic E-state index is 14.5. The minimum Gasteiger partial charge on any atom is -0.391 e. The van der Waals surface area contributed by atoms with E-state index in [1.54, 1.807) is 48.8 Å². The highest BCUT2D eigenvalue weighted by atomic mass is 35.5. The van der Waals surface area contributed by atoms with E-state index < -0.39 is 29.9 Å². The van der Waals surface area contributed by atoms with Gasteiger partial charge in [0, 0.05) is 42.1 Å². The molecule has 1 aliphatic rings. The molecule has 1 aromatic heterocycles. The molecule has 1 saturated heterocycles. The first-order valence-corrected chi connectivity index (χ1v) is 9.90. The molecule has 8 nitrogen and oxygen atoms in total. The van der Waals surface area contributed by atoms with Gasteiger partial charge >= 0.3 is 6.03 Å². The predicted octanol–water partition coefficient (Wildman–Crippen LogP) is 3.27. The number of nitrogens with one attached hydrogen (secondary N) is 2. The molecule has 0 spiro atoms. The molecule has 3 aromatic rings. The Hall–Kier alpha value is -3.43. The number of anilines is 2. The van der Waals surface area contributed by atoms with E-state index in [0.717, 1.165) is 0 Å². The number of amides is 3. The molecule has 2 unspecified atom stereocenters. The summed E-state index contributed by atoms with van der Waals surface area (Å²) in [7, 11) is 0. The lowest BCUT2D eigenvalue weighted by Gasteiger charge is -2.24. The topological polar surface area (TPSA) is 99.5 Å². The van der Waals surface area contributed by atoms with Gasteiger partial charge in [-0.15, -0.1) is 0 Å². The number of carbonyl (C=O) groups excluding carboxylic acids is 2. The molecule has 0 aliphatic carbocycles. The van der Waals surface area contributed by atoms with Crippen molar-refractivity contribution in [2.24, 2.45) is 0 Å². The third-order valence-electron chi connectivity index (χ3n) is 4.92. The molecule has 4 rings (SSSR count). The number of hydrogen-bond donors (Lipinski definition) is 3. The van der Waals surface area contributed by atoms with Crippen molar-refractivity contribution in [3.05, 3.63) is 71.8 Å². The van der Waals surface area contributed by atoms with E-state index in [1.165, 1.54) is 21.7 Å². The van der Waals surface area contributed by atoms with Gasteiger partial charge in [0.15, 0.2) is 0 Å². The van der Waals surface area contributed by atoms with Crippen LogP contribution in [0.25, 0.3) is 5.69 Å². The van der Waals surface area contributed by atoms with Crippen molar-refractivity contribution in [3.63, 3.8) is 0 Å². The van der Waals surface area contributed by atoms with E-state index in [1.807, 2.05) is 0 Å². The number of β-amino-alcohol motifs (C(OH)–C–C–N with tert-alkyl or cyclic N) is 1. The molecular formula is C21H19ClFN5O3. The number of aliphatic hydroxyl groups is 1. The van der Waals surface area contributed by atoms with E-state index in [-0.39, 0.29) is 18.7 Å². The number of hydrogen-bond acceptors (Lipinski definition) is 4. The molecule has 3 N–H and O–H groups in total. The van der Waals surface area contributed by atoms with Crippen molar-refractivity contribution in [3.8, 4) is 5.69 Å². The van der Waals surface area contributed by atoms with E-state index >= 15 is 0 Å². The molecule has 2 heterocycles. The van der Waals surface area contributed by atoms with Gasteiger partial charge in [-0.3, -0.25) is 4.79 Å². The average molecular weight is 444 g/mol. The number of rotatable bonds is 4. The number of aliphatic hydroxyl groups excluding tert-OH is 1. The lowest BCUT2D eigenvalue weighted by molar-refractivity contribution is -0.119. The van der Waals surface area contributed by atoms with E-state index in [4.69, 9.17) is 11.6 Å². The lowest BCUT2D eigenvalue weighted by atomic mass is 10.1. The Kier molecular flexibility index (Phi) is 5.88. The molecule has 2 aromatic carbocycles. The molecule has 1 fully saturated rings. The van der Waals surface area contributed by atoms with Gasteiger partial charge in [0.25, 0.3) is 0 Å². The summed E-state index contributed by atoms with van der Waals surface area (Å²) < 4.78 is 16.0. The van der Waals surface area contributed by atoms with E-state index in [0.29, 0.717) is 16.4 Å². The first-order valence-electron chi connectivity index (χ1n) is 9.52. The van der Waals surface area contributed by atoms with Crippen LogP contribution in [0.5, 0.6) is 0 Å². The summed E-state index contributed by atoms with van der Waals surface area (Å²) in [6.45, 7) is -0.0156. The fourth-order valence-electron chi connectivity index (χ4n) is 3.40. The Morgan fingerprint density at radius 1 is 1.16 bits per heavy atom. The Bertz CT molecular complexity index is 1090. The third-order valence-corrected chi connectivity index (χ3v) is 5.17. The highest BCUT2D eigenvalue weighted by Crippen LogP contribution is 2.24. The molecule has 160 valence electrons. The van der Waals surface area contributed by atoms with Gasteiger partial charge in [0.05, 0.1) is 17.5 Å². The highest BCUT2D eigenvalue weighted by molar-refractivity contribution is 6.30. The Balaban J connectivity index is 1.46. The SMILES string of the molecule is O=C(Nc1ccc(-n2cccn2)cc1F)C1CC(O)CN1C(=O)Nc1ccc(Cl)cc1. The minimum absolute atomic E-state index is 0.0156. The largest absolute Gasteiger partial charge is 0.391 e. The van der Waals surface area contributed by atoms with Crippen molar-refractivity contribution < 1.29 is 19.1 Å². The van der Waals surface area contributed by atoms with Gasteiger partial charge in [-0.2, -0.15) is 5.10 Å². The van der Waals surface area contributed by atoms with Gasteiger partial charge < -0.3 is 20.6 Å². The van der Waals surface area contributed by atoms with Crippen molar-refractivity contribution in [2.75, 3.05) is 17.2 Å². The number of aromatic nitrogens is 2. The lowest BCUT2D eigenvalue weighted by Crippen LogP contribution is -2.45. The number of carbonyl (C=O) groups is 2. The summed E-state index contributed by atoms with van der Waals surface area (Å²) in [5.74, 6) is -1.23. The van der Waals surface area contributed by atoms with Crippen molar-refractivity contribution in [1.82, 2.24) is 14.7 Å².